The van der Waals surface area contributed by atoms with Gasteiger partial charge in [-0.2, -0.15) is 0 Å². The highest BCUT2D eigenvalue weighted by molar-refractivity contribution is 7.22. The molecule has 0 atom stereocenters. The third kappa shape index (κ3) is 6.17. The number of thiophene rings is 1. The van der Waals surface area contributed by atoms with Crippen molar-refractivity contribution in [1.82, 2.24) is 9.97 Å². The van der Waals surface area contributed by atoms with Crippen LogP contribution in [0.2, 0.25) is 5.15 Å². The van der Waals surface area contributed by atoms with Crippen LogP contribution in [0.5, 0.6) is 0 Å². The standard InChI is InChI=1S/C27H32ClN5O3S/c1-14(2)12-19-21(26(30)34)23(20-13-17-6-9-32-25(28)24(17)37-20)22(27(31)36-15(3)29)18(33-19)5-4-16-7-10-35-11-8-16/h6,9,13-14,16,29,31H,4-5,7-8,10-12H2,1-3H3,(H2,30,34). The van der Waals surface area contributed by atoms with Gasteiger partial charge in [-0.3, -0.25) is 20.6 Å². The Kier molecular flexibility index (Phi) is 8.56. The summed E-state index contributed by atoms with van der Waals surface area (Å²) in [6.45, 7) is 7.10. The molecule has 1 aliphatic heterocycles. The number of hydrogen-bond acceptors (Lipinski definition) is 8. The minimum Gasteiger partial charge on any atom is -0.425 e. The van der Waals surface area contributed by atoms with Gasteiger partial charge in [-0.15, -0.1) is 11.3 Å². The SMILES string of the molecule is CC(=N)OC(=N)c1c(CCC2CCOCC2)nc(CC(C)C)c(C(N)=O)c1-c1cc2ccnc(Cl)c2s1. The van der Waals surface area contributed by atoms with Crippen LogP contribution in [-0.2, 0) is 22.3 Å². The molecule has 1 amide bonds. The van der Waals surface area contributed by atoms with E-state index in [0.717, 1.165) is 47.4 Å². The maximum absolute atomic E-state index is 13.0. The number of carbonyl (C=O) groups is 1. The van der Waals surface area contributed by atoms with Crippen LogP contribution in [0.15, 0.2) is 18.3 Å². The molecule has 1 fully saturated rings. The molecule has 0 saturated carbocycles. The fraction of sp³-hybridized carbons (Fsp3) is 0.444. The number of hydrogen-bond donors (Lipinski definition) is 3. The molecule has 10 heteroatoms. The fourth-order valence-corrected chi connectivity index (χ4v) is 6.17. The van der Waals surface area contributed by atoms with Gasteiger partial charge in [0.2, 0.25) is 5.90 Å². The molecule has 4 rings (SSSR count). The molecule has 3 aromatic heterocycles. The summed E-state index contributed by atoms with van der Waals surface area (Å²) in [5.74, 6) is -0.242. The molecule has 4 heterocycles. The molecule has 8 nitrogen and oxygen atoms in total. The van der Waals surface area contributed by atoms with Crippen molar-refractivity contribution in [2.45, 2.75) is 52.9 Å². The van der Waals surface area contributed by atoms with E-state index in [1.165, 1.54) is 18.3 Å². The average Bonchev–Trinajstić information content (AvgIpc) is 3.27. The van der Waals surface area contributed by atoms with Crippen molar-refractivity contribution in [1.29, 1.82) is 10.8 Å². The molecule has 4 N–H and O–H groups in total. The number of pyridine rings is 2. The maximum Gasteiger partial charge on any atom is 0.251 e. The largest absolute Gasteiger partial charge is 0.425 e. The number of amides is 1. The van der Waals surface area contributed by atoms with Crippen molar-refractivity contribution in [2.75, 3.05) is 13.2 Å². The van der Waals surface area contributed by atoms with Crippen LogP contribution in [0, 0.1) is 22.7 Å². The monoisotopic (exact) mass is 541 g/mol. The zero-order chi connectivity index (χ0) is 26.7. The van der Waals surface area contributed by atoms with Crippen LogP contribution in [0.1, 0.15) is 67.3 Å². The Labute approximate surface area is 225 Å². The number of halogens is 1. The molecule has 0 spiro atoms. The Balaban J connectivity index is 1.98. The predicted molar refractivity (Wildman–Crippen MR) is 148 cm³/mol. The second kappa shape index (κ2) is 11.7. The smallest absolute Gasteiger partial charge is 0.251 e. The number of nitrogens with zero attached hydrogens (tertiary/aromatic N) is 2. The van der Waals surface area contributed by atoms with Gasteiger partial charge in [0.05, 0.1) is 27.2 Å². The highest BCUT2D eigenvalue weighted by atomic mass is 35.5. The first-order valence-corrected chi connectivity index (χ1v) is 13.6. The second-order valence-electron chi connectivity index (χ2n) is 9.80. The number of fused-ring (bicyclic) bond motifs is 1. The molecule has 37 heavy (non-hydrogen) atoms. The van der Waals surface area contributed by atoms with E-state index < -0.39 is 5.91 Å². The third-order valence-corrected chi connectivity index (χ3v) is 8.02. The molecule has 0 bridgehead atoms. The van der Waals surface area contributed by atoms with Crippen molar-refractivity contribution in [3.05, 3.63) is 46.0 Å². The summed E-state index contributed by atoms with van der Waals surface area (Å²) in [6, 6.07) is 3.79. The van der Waals surface area contributed by atoms with Gasteiger partial charge in [0.25, 0.3) is 5.91 Å². The topological polar surface area (TPSA) is 135 Å². The predicted octanol–water partition coefficient (Wildman–Crippen LogP) is 6.01. The van der Waals surface area contributed by atoms with Crippen molar-refractivity contribution in [3.63, 3.8) is 0 Å². The number of ether oxygens (including phenoxy) is 2. The summed E-state index contributed by atoms with van der Waals surface area (Å²) >= 11 is 7.78. The van der Waals surface area contributed by atoms with Gasteiger partial charge >= 0.3 is 0 Å². The Morgan fingerprint density at radius 2 is 2.00 bits per heavy atom. The van der Waals surface area contributed by atoms with E-state index >= 15 is 0 Å². The van der Waals surface area contributed by atoms with Crippen LogP contribution in [0.4, 0.5) is 0 Å². The molecule has 0 aromatic carbocycles. The second-order valence-corrected chi connectivity index (χ2v) is 11.2. The van der Waals surface area contributed by atoms with Gasteiger partial charge in [-0.25, -0.2) is 4.98 Å². The number of carbonyl (C=O) groups excluding carboxylic acids is 1. The first-order valence-electron chi connectivity index (χ1n) is 12.4. The van der Waals surface area contributed by atoms with E-state index in [0.29, 0.717) is 46.4 Å². The van der Waals surface area contributed by atoms with Crippen molar-refractivity contribution >= 4 is 50.7 Å². The van der Waals surface area contributed by atoms with Gasteiger partial charge < -0.3 is 15.2 Å². The molecular weight excluding hydrogens is 510 g/mol. The first-order chi connectivity index (χ1) is 17.7. The van der Waals surface area contributed by atoms with Crippen molar-refractivity contribution in [3.8, 4) is 10.4 Å². The normalized spacial score (nSPS) is 14.3. The third-order valence-electron chi connectivity index (χ3n) is 6.44. The summed E-state index contributed by atoms with van der Waals surface area (Å²) in [7, 11) is 0. The Morgan fingerprint density at radius 3 is 2.62 bits per heavy atom. The summed E-state index contributed by atoms with van der Waals surface area (Å²) in [5.41, 5.74) is 8.47. The van der Waals surface area contributed by atoms with Gasteiger partial charge in [-0.05, 0) is 61.5 Å². The number of aryl methyl sites for hydroxylation is 1. The average molecular weight is 542 g/mol. The molecule has 3 aromatic rings. The Hall–Kier alpha value is -2.88. The van der Waals surface area contributed by atoms with Gasteiger partial charge in [0.15, 0.2) is 5.90 Å². The highest BCUT2D eigenvalue weighted by Gasteiger charge is 2.29. The molecule has 1 aliphatic rings. The first kappa shape index (κ1) is 27.2. The van der Waals surface area contributed by atoms with Crippen molar-refractivity contribution in [2.24, 2.45) is 17.6 Å². The quantitative estimate of drug-likeness (QED) is 0.182. The molecule has 1 saturated heterocycles. The zero-order valence-electron chi connectivity index (χ0n) is 21.3. The molecule has 0 aliphatic carbocycles. The number of nitrogens with two attached hydrogens (primary N) is 1. The van der Waals surface area contributed by atoms with Gasteiger partial charge in [0, 0.05) is 36.8 Å². The van der Waals surface area contributed by atoms with Crippen molar-refractivity contribution < 1.29 is 14.3 Å². The fourth-order valence-electron chi connectivity index (χ4n) is 4.80. The van der Waals surface area contributed by atoms with E-state index in [9.17, 15) is 4.79 Å². The molecule has 0 unspecified atom stereocenters. The molecule has 196 valence electrons. The summed E-state index contributed by atoms with van der Waals surface area (Å²) in [4.78, 5) is 22.8. The molecule has 0 radical (unpaired) electrons. The summed E-state index contributed by atoms with van der Waals surface area (Å²) in [5, 5.41) is 17.9. The highest BCUT2D eigenvalue weighted by Crippen LogP contribution is 2.41. The minimum absolute atomic E-state index is 0.123. The van der Waals surface area contributed by atoms with Gasteiger partial charge in [0.1, 0.15) is 5.15 Å². The van der Waals surface area contributed by atoms with E-state index in [2.05, 4.69) is 18.8 Å². The van der Waals surface area contributed by atoms with Crippen LogP contribution >= 0.6 is 22.9 Å². The number of nitrogens with one attached hydrogen (secondary N) is 2. The van der Waals surface area contributed by atoms with Crippen LogP contribution in [0.3, 0.4) is 0 Å². The lowest BCUT2D eigenvalue weighted by atomic mass is 9.89. The lowest BCUT2D eigenvalue weighted by Gasteiger charge is -2.24. The van der Waals surface area contributed by atoms with Crippen LogP contribution < -0.4 is 5.73 Å². The number of aromatic nitrogens is 2. The summed E-state index contributed by atoms with van der Waals surface area (Å²) < 4.78 is 11.8. The van der Waals surface area contributed by atoms with Crippen LogP contribution in [-0.4, -0.2) is 40.9 Å². The van der Waals surface area contributed by atoms with Gasteiger partial charge in [-0.1, -0.05) is 25.4 Å². The van der Waals surface area contributed by atoms with E-state index in [4.69, 9.17) is 42.6 Å². The van der Waals surface area contributed by atoms with E-state index in [1.54, 1.807) is 6.20 Å². The zero-order valence-corrected chi connectivity index (χ0v) is 22.9. The lowest BCUT2D eigenvalue weighted by molar-refractivity contribution is 0.0639. The van der Waals surface area contributed by atoms with Crippen LogP contribution in [0.25, 0.3) is 20.5 Å². The summed E-state index contributed by atoms with van der Waals surface area (Å²) in [6.07, 6.45) is 5.63. The van der Waals surface area contributed by atoms with E-state index in [-0.39, 0.29) is 23.3 Å². The Bertz CT molecular complexity index is 1350. The number of rotatable bonds is 8. The Morgan fingerprint density at radius 1 is 1.27 bits per heavy atom. The minimum atomic E-state index is -0.614. The number of primary amides is 1. The lowest BCUT2D eigenvalue weighted by Crippen LogP contribution is -2.24. The molecular formula is C27H32ClN5O3S. The maximum atomic E-state index is 13.0. The van der Waals surface area contributed by atoms with E-state index in [1.807, 2.05) is 12.1 Å².